The quantitative estimate of drug-likeness (QED) is 0.234. The molecule has 0 atom stereocenters. The van der Waals surface area contributed by atoms with Gasteiger partial charge in [-0.1, -0.05) is 36.4 Å². The van der Waals surface area contributed by atoms with Gasteiger partial charge in [0.2, 0.25) is 0 Å². The van der Waals surface area contributed by atoms with Gasteiger partial charge in [-0.3, -0.25) is 15.0 Å². The highest BCUT2D eigenvalue weighted by molar-refractivity contribution is 9.10. The molecule has 0 spiro atoms. The van der Waals surface area contributed by atoms with E-state index in [2.05, 4.69) is 21.4 Å². The molecule has 0 aliphatic carbocycles. The molecule has 1 heterocycles. The molecule has 2 amide bonds. The molecule has 1 N–H and O–H groups in total. The van der Waals surface area contributed by atoms with E-state index in [1.54, 1.807) is 42.5 Å². The second kappa shape index (κ2) is 11.1. The van der Waals surface area contributed by atoms with Crippen LogP contribution in [0, 0.1) is 6.92 Å². The summed E-state index contributed by atoms with van der Waals surface area (Å²) in [5.74, 6) is 0.933. The predicted octanol–water partition coefficient (Wildman–Crippen LogP) is 5.08. The third-order valence-corrected chi connectivity index (χ3v) is 5.82. The highest BCUT2D eigenvalue weighted by atomic mass is 79.9. The smallest absolute Gasteiger partial charge is 0.282 e. The average Bonchev–Trinajstić information content (AvgIpc) is 3.13. The number of hydrogen-bond acceptors (Lipinski definition) is 5. The van der Waals surface area contributed by atoms with Crippen LogP contribution in [0.4, 0.5) is 5.69 Å². The molecule has 0 unspecified atom stereocenters. The summed E-state index contributed by atoms with van der Waals surface area (Å²) in [5.41, 5.74) is 4.89. The first kappa shape index (κ1) is 24.3. The van der Waals surface area contributed by atoms with Crippen molar-refractivity contribution in [2.75, 3.05) is 24.8 Å². The molecule has 1 fully saturated rings. The highest BCUT2D eigenvalue weighted by Gasteiger charge is 2.34. The van der Waals surface area contributed by atoms with E-state index in [0.29, 0.717) is 47.0 Å². The molecule has 1 aliphatic rings. The second-order valence-electron chi connectivity index (χ2n) is 7.70. The van der Waals surface area contributed by atoms with Crippen LogP contribution in [0.25, 0.3) is 6.08 Å². The Hall–Kier alpha value is -3.78. The third-order valence-electron chi connectivity index (χ3n) is 5.23. The molecule has 35 heavy (non-hydrogen) atoms. The maximum atomic E-state index is 12.9. The number of amides is 2. The Balaban J connectivity index is 1.50. The van der Waals surface area contributed by atoms with Crippen molar-refractivity contribution in [2.45, 2.75) is 13.8 Å². The highest BCUT2D eigenvalue weighted by Crippen LogP contribution is 2.38. The number of benzene rings is 3. The Morgan fingerprint density at radius 2 is 1.63 bits per heavy atom. The number of para-hydroxylation sites is 2. The van der Waals surface area contributed by atoms with Crippen molar-refractivity contribution in [2.24, 2.45) is 0 Å². The largest absolute Gasteiger partial charge is 0.490 e. The monoisotopic (exact) mass is 536 g/mol. The van der Waals surface area contributed by atoms with Gasteiger partial charge in [-0.25, -0.2) is 5.01 Å². The maximum absolute atomic E-state index is 12.9. The fourth-order valence-electron chi connectivity index (χ4n) is 3.57. The van der Waals surface area contributed by atoms with Gasteiger partial charge in [0, 0.05) is 0 Å². The molecule has 3 aromatic carbocycles. The van der Waals surface area contributed by atoms with Crippen molar-refractivity contribution in [3.63, 3.8) is 0 Å². The molecular formula is C27H25BrN2O5. The summed E-state index contributed by atoms with van der Waals surface area (Å²) >= 11 is 3.53. The average molecular weight is 537 g/mol. The number of halogens is 1. The first-order chi connectivity index (χ1) is 17.0. The Labute approximate surface area is 212 Å². The van der Waals surface area contributed by atoms with Gasteiger partial charge in [-0.15, -0.1) is 0 Å². The van der Waals surface area contributed by atoms with Crippen molar-refractivity contribution >= 4 is 39.5 Å². The van der Waals surface area contributed by atoms with E-state index >= 15 is 0 Å². The predicted molar refractivity (Wildman–Crippen MR) is 138 cm³/mol. The van der Waals surface area contributed by atoms with Gasteiger partial charge < -0.3 is 14.2 Å². The number of hydrazine groups is 1. The fraction of sp³-hybridized carbons (Fsp3) is 0.185. The van der Waals surface area contributed by atoms with Crippen LogP contribution in [-0.4, -0.2) is 31.6 Å². The number of hydrogen-bond donors (Lipinski definition) is 1. The summed E-state index contributed by atoms with van der Waals surface area (Å²) in [7, 11) is 0. The topological polar surface area (TPSA) is 77.1 Å². The van der Waals surface area contributed by atoms with Gasteiger partial charge in [0.05, 0.1) is 16.8 Å². The van der Waals surface area contributed by atoms with Crippen LogP contribution in [0.1, 0.15) is 18.1 Å². The van der Waals surface area contributed by atoms with Gasteiger partial charge in [0.25, 0.3) is 11.8 Å². The van der Waals surface area contributed by atoms with E-state index in [0.717, 1.165) is 11.3 Å². The number of ether oxygens (including phenoxy) is 3. The van der Waals surface area contributed by atoms with Crippen molar-refractivity contribution < 1.29 is 23.8 Å². The molecule has 0 radical (unpaired) electrons. The zero-order valence-electron chi connectivity index (χ0n) is 19.4. The SMILES string of the molecule is CCOc1cc(/C=C2/C(=O)NN(c3ccccc3)C2=O)cc(Br)c1OCCOc1ccccc1C. The van der Waals surface area contributed by atoms with Crippen LogP contribution in [0.2, 0.25) is 0 Å². The van der Waals surface area contributed by atoms with Crippen LogP contribution in [0.15, 0.2) is 76.8 Å². The molecule has 180 valence electrons. The number of rotatable bonds is 9. The normalized spacial score (nSPS) is 14.3. The van der Waals surface area contributed by atoms with E-state index in [-0.39, 0.29) is 5.57 Å². The van der Waals surface area contributed by atoms with Crippen LogP contribution in [0.5, 0.6) is 17.2 Å². The van der Waals surface area contributed by atoms with Crippen molar-refractivity contribution in [3.8, 4) is 17.2 Å². The summed E-state index contributed by atoms with van der Waals surface area (Å²) in [6, 6.07) is 20.2. The molecule has 1 aliphatic heterocycles. The van der Waals surface area contributed by atoms with Crippen LogP contribution < -0.4 is 24.6 Å². The van der Waals surface area contributed by atoms with E-state index in [1.807, 2.05) is 44.2 Å². The zero-order chi connectivity index (χ0) is 24.8. The number of aryl methyl sites for hydroxylation is 1. The minimum Gasteiger partial charge on any atom is -0.490 e. The van der Waals surface area contributed by atoms with Crippen LogP contribution in [0.3, 0.4) is 0 Å². The second-order valence-corrected chi connectivity index (χ2v) is 8.55. The lowest BCUT2D eigenvalue weighted by Gasteiger charge is -2.15. The molecule has 7 nitrogen and oxygen atoms in total. The zero-order valence-corrected chi connectivity index (χ0v) is 21.0. The summed E-state index contributed by atoms with van der Waals surface area (Å²) in [6.07, 6.45) is 1.54. The first-order valence-electron chi connectivity index (χ1n) is 11.2. The molecule has 0 aromatic heterocycles. The molecule has 1 saturated heterocycles. The lowest BCUT2D eigenvalue weighted by molar-refractivity contribution is -0.117. The van der Waals surface area contributed by atoms with E-state index < -0.39 is 11.8 Å². The molecular weight excluding hydrogens is 512 g/mol. The van der Waals surface area contributed by atoms with Crippen LogP contribution >= 0.6 is 15.9 Å². The fourth-order valence-corrected chi connectivity index (χ4v) is 4.15. The van der Waals surface area contributed by atoms with Crippen LogP contribution in [-0.2, 0) is 9.59 Å². The standard InChI is InChI=1S/C27H25BrN2O5/c1-3-33-24-17-19(15-21-26(31)29-30(27(21)32)20-10-5-4-6-11-20)16-22(28)25(24)35-14-13-34-23-12-8-7-9-18(23)2/h4-12,15-17H,3,13-14H2,1-2H3,(H,29,31)/b21-15-. The van der Waals surface area contributed by atoms with E-state index in [4.69, 9.17) is 14.2 Å². The molecule has 4 rings (SSSR count). The van der Waals surface area contributed by atoms with Gasteiger partial charge in [0.1, 0.15) is 24.5 Å². The molecule has 0 bridgehead atoms. The minimum atomic E-state index is -0.471. The number of anilines is 1. The Morgan fingerprint density at radius 1 is 0.914 bits per heavy atom. The lowest BCUT2D eigenvalue weighted by atomic mass is 10.1. The van der Waals surface area contributed by atoms with Gasteiger partial charge in [0.15, 0.2) is 11.5 Å². The maximum Gasteiger partial charge on any atom is 0.282 e. The summed E-state index contributed by atoms with van der Waals surface area (Å²) in [4.78, 5) is 25.4. The summed E-state index contributed by atoms with van der Waals surface area (Å²) < 4.78 is 18.2. The number of nitrogens with one attached hydrogen (secondary N) is 1. The van der Waals surface area contributed by atoms with Crippen molar-refractivity contribution in [1.82, 2.24) is 5.43 Å². The van der Waals surface area contributed by atoms with Gasteiger partial charge >= 0.3 is 0 Å². The van der Waals surface area contributed by atoms with Crippen molar-refractivity contribution in [1.29, 1.82) is 0 Å². The number of nitrogens with zero attached hydrogens (tertiary/aromatic N) is 1. The summed E-state index contributed by atoms with van der Waals surface area (Å²) in [5, 5.41) is 1.23. The minimum absolute atomic E-state index is 0.0310. The van der Waals surface area contributed by atoms with Gasteiger partial charge in [-0.2, -0.15) is 0 Å². The molecule has 8 heteroatoms. The lowest BCUT2D eigenvalue weighted by Crippen LogP contribution is -2.35. The first-order valence-corrected chi connectivity index (χ1v) is 12.0. The number of carbonyl (C=O) groups excluding carboxylic acids is 2. The van der Waals surface area contributed by atoms with E-state index in [9.17, 15) is 9.59 Å². The molecule has 0 saturated carbocycles. The van der Waals surface area contributed by atoms with E-state index in [1.165, 1.54) is 5.01 Å². The number of carbonyl (C=O) groups is 2. The Kier molecular flexibility index (Phi) is 7.72. The van der Waals surface area contributed by atoms with Crippen molar-refractivity contribution in [3.05, 3.63) is 87.9 Å². The Bertz CT molecular complexity index is 1260. The third kappa shape index (κ3) is 5.66. The molecule has 3 aromatic rings. The summed E-state index contributed by atoms with van der Waals surface area (Å²) in [6.45, 7) is 4.94. The van der Waals surface area contributed by atoms with Gasteiger partial charge in [-0.05, 0) is 77.3 Å². The Morgan fingerprint density at radius 3 is 2.37 bits per heavy atom.